The maximum absolute atomic E-state index is 8.62. The van der Waals surface area contributed by atoms with Crippen molar-refractivity contribution in [1.29, 1.82) is 0 Å². The van der Waals surface area contributed by atoms with Crippen LogP contribution in [-0.2, 0) is 0 Å². The third-order valence-electron chi connectivity index (χ3n) is 2.55. The lowest BCUT2D eigenvalue weighted by Gasteiger charge is -2.22. The number of oxime groups is 1. The fraction of sp³-hybridized carbons (Fsp3) is 0.889. The Morgan fingerprint density at radius 2 is 2.50 bits per heavy atom. The standard InChI is InChI=1S/C9H19N3OS/c1-2-14-7-6-12-5-3-4-8(12)9(10)11-13/h8,13H,2-7H2,1H3,(H2,10,11). The molecule has 0 aromatic heterocycles. The van der Waals surface area contributed by atoms with Crippen LogP contribution in [0.2, 0.25) is 0 Å². The highest BCUT2D eigenvalue weighted by Gasteiger charge is 2.27. The second-order valence-electron chi connectivity index (χ2n) is 3.42. The van der Waals surface area contributed by atoms with E-state index < -0.39 is 0 Å². The van der Waals surface area contributed by atoms with Gasteiger partial charge in [0.25, 0.3) is 0 Å². The first-order valence-electron chi connectivity index (χ1n) is 5.08. The van der Waals surface area contributed by atoms with Crippen LogP contribution in [-0.4, -0.2) is 46.6 Å². The van der Waals surface area contributed by atoms with Crippen molar-refractivity contribution in [3.63, 3.8) is 0 Å². The van der Waals surface area contributed by atoms with Crippen molar-refractivity contribution >= 4 is 17.6 Å². The van der Waals surface area contributed by atoms with E-state index in [0.717, 1.165) is 37.4 Å². The van der Waals surface area contributed by atoms with Crippen molar-refractivity contribution < 1.29 is 5.21 Å². The Morgan fingerprint density at radius 3 is 3.14 bits per heavy atom. The van der Waals surface area contributed by atoms with Crippen molar-refractivity contribution in [2.75, 3.05) is 24.6 Å². The van der Waals surface area contributed by atoms with Gasteiger partial charge in [-0.3, -0.25) is 4.90 Å². The van der Waals surface area contributed by atoms with Gasteiger partial charge in [0.2, 0.25) is 0 Å². The maximum Gasteiger partial charge on any atom is 0.156 e. The van der Waals surface area contributed by atoms with E-state index in [2.05, 4.69) is 17.0 Å². The van der Waals surface area contributed by atoms with Crippen LogP contribution < -0.4 is 5.73 Å². The van der Waals surface area contributed by atoms with E-state index in [9.17, 15) is 0 Å². The second kappa shape index (κ2) is 6.14. The average Bonchev–Trinajstić information content (AvgIpc) is 2.65. The second-order valence-corrected chi connectivity index (χ2v) is 4.81. The summed E-state index contributed by atoms with van der Waals surface area (Å²) in [4.78, 5) is 2.30. The molecule has 0 saturated carbocycles. The quantitative estimate of drug-likeness (QED) is 0.237. The van der Waals surface area contributed by atoms with Crippen LogP contribution in [0.5, 0.6) is 0 Å². The van der Waals surface area contributed by atoms with Crippen molar-refractivity contribution in [3.8, 4) is 0 Å². The molecule has 1 aliphatic rings. The molecule has 0 amide bonds. The fourth-order valence-electron chi connectivity index (χ4n) is 1.82. The van der Waals surface area contributed by atoms with E-state index in [0.29, 0.717) is 5.84 Å². The van der Waals surface area contributed by atoms with Crippen molar-refractivity contribution in [1.82, 2.24) is 4.90 Å². The Bertz CT molecular complexity index is 198. The minimum atomic E-state index is 0.164. The van der Waals surface area contributed by atoms with Crippen molar-refractivity contribution in [2.45, 2.75) is 25.8 Å². The summed E-state index contributed by atoms with van der Waals surface area (Å²) in [7, 11) is 0. The van der Waals surface area contributed by atoms with Gasteiger partial charge in [-0.15, -0.1) is 0 Å². The molecule has 1 heterocycles. The third-order valence-corrected chi connectivity index (χ3v) is 3.43. The Kier molecular flexibility index (Phi) is 5.11. The lowest BCUT2D eigenvalue weighted by molar-refractivity contribution is 0.290. The molecule has 0 aromatic rings. The lowest BCUT2D eigenvalue weighted by atomic mass is 10.2. The highest BCUT2D eigenvalue weighted by molar-refractivity contribution is 7.99. The fourth-order valence-corrected chi connectivity index (χ4v) is 2.47. The molecule has 1 rings (SSSR count). The molecular formula is C9H19N3OS. The zero-order valence-electron chi connectivity index (χ0n) is 8.65. The summed E-state index contributed by atoms with van der Waals surface area (Å²) in [6.45, 7) is 4.28. The zero-order chi connectivity index (χ0) is 10.4. The van der Waals surface area contributed by atoms with E-state index >= 15 is 0 Å². The van der Waals surface area contributed by atoms with Gasteiger partial charge in [0.15, 0.2) is 5.84 Å². The summed E-state index contributed by atoms with van der Waals surface area (Å²) in [6, 6.07) is 0.164. The monoisotopic (exact) mass is 217 g/mol. The molecule has 82 valence electrons. The lowest BCUT2D eigenvalue weighted by Crippen LogP contribution is -2.41. The van der Waals surface area contributed by atoms with E-state index in [4.69, 9.17) is 10.9 Å². The van der Waals surface area contributed by atoms with Gasteiger partial charge in [-0.1, -0.05) is 12.1 Å². The Balaban J connectivity index is 2.35. The minimum Gasteiger partial charge on any atom is -0.409 e. The number of hydrogen-bond donors (Lipinski definition) is 2. The van der Waals surface area contributed by atoms with E-state index in [1.807, 2.05) is 11.8 Å². The van der Waals surface area contributed by atoms with E-state index in [-0.39, 0.29) is 6.04 Å². The molecule has 1 aliphatic heterocycles. The molecular weight excluding hydrogens is 198 g/mol. The van der Waals surface area contributed by atoms with Crippen LogP contribution in [0, 0.1) is 0 Å². The molecule has 0 aromatic carbocycles. The zero-order valence-corrected chi connectivity index (χ0v) is 9.46. The first kappa shape index (κ1) is 11.7. The molecule has 0 bridgehead atoms. The summed E-state index contributed by atoms with van der Waals surface area (Å²) >= 11 is 1.93. The molecule has 1 saturated heterocycles. The number of rotatable bonds is 5. The van der Waals surface area contributed by atoms with Crippen LogP contribution in [0.1, 0.15) is 19.8 Å². The molecule has 0 spiro atoms. The molecule has 14 heavy (non-hydrogen) atoms. The van der Waals surface area contributed by atoms with Crippen LogP contribution in [0.3, 0.4) is 0 Å². The van der Waals surface area contributed by atoms with Gasteiger partial charge < -0.3 is 10.9 Å². The number of amidine groups is 1. The largest absolute Gasteiger partial charge is 0.409 e. The summed E-state index contributed by atoms with van der Waals surface area (Å²) < 4.78 is 0. The van der Waals surface area contributed by atoms with Gasteiger partial charge in [0.05, 0.1) is 6.04 Å². The number of likely N-dealkylation sites (tertiary alicyclic amines) is 1. The molecule has 3 N–H and O–H groups in total. The molecule has 0 aliphatic carbocycles. The van der Waals surface area contributed by atoms with Gasteiger partial charge >= 0.3 is 0 Å². The Labute approximate surface area is 89.5 Å². The first-order chi connectivity index (χ1) is 6.79. The number of nitrogens with zero attached hydrogens (tertiary/aromatic N) is 2. The summed E-state index contributed by atoms with van der Waals surface area (Å²) in [5, 5.41) is 11.7. The van der Waals surface area contributed by atoms with E-state index in [1.54, 1.807) is 0 Å². The third kappa shape index (κ3) is 3.06. The number of hydrogen-bond acceptors (Lipinski definition) is 4. The van der Waals surface area contributed by atoms with Gasteiger partial charge in [-0.2, -0.15) is 11.8 Å². The molecule has 4 nitrogen and oxygen atoms in total. The van der Waals surface area contributed by atoms with Crippen LogP contribution in [0.15, 0.2) is 5.16 Å². The highest BCUT2D eigenvalue weighted by Crippen LogP contribution is 2.17. The molecule has 1 unspecified atom stereocenters. The molecule has 1 atom stereocenters. The van der Waals surface area contributed by atoms with Crippen molar-refractivity contribution in [2.24, 2.45) is 10.9 Å². The summed E-state index contributed by atoms with van der Waals surface area (Å²) in [5.74, 6) is 2.65. The van der Waals surface area contributed by atoms with Crippen molar-refractivity contribution in [3.05, 3.63) is 0 Å². The highest BCUT2D eigenvalue weighted by atomic mass is 32.2. The van der Waals surface area contributed by atoms with Gasteiger partial charge in [0, 0.05) is 12.3 Å². The van der Waals surface area contributed by atoms with Crippen LogP contribution >= 0.6 is 11.8 Å². The Morgan fingerprint density at radius 1 is 1.71 bits per heavy atom. The predicted molar refractivity (Wildman–Crippen MR) is 61.0 cm³/mol. The Hall–Kier alpha value is -0.420. The van der Waals surface area contributed by atoms with Crippen LogP contribution in [0.25, 0.3) is 0 Å². The average molecular weight is 217 g/mol. The number of nitrogens with two attached hydrogens (primary N) is 1. The van der Waals surface area contributed by atoms with Gasteiger partial charge in [-0.25, -0.2) is 0 Å². The topological polar surface area (TPSA) is 61.8 Å². The molecule has 0 radical (unpaired) electrons. The smallest absolute Gasteiger partial charge is 0.156 e. The minimum absolute atomic E-state index is 0.164. The SMILES string of the molecule is CCSCCN1CCCC1C(N)=NO. The predicted octanol–water partition coefficient (Wildman–Crippen LogP) is 0.950. The van der Waals surface area contributed by atoms with E-state index in [1.165, 1.54) is 0 Å². The number of thioether (sulfide) groups is 1. The molecule has 5 heteroatoms. The van der Waals surface area contributed by atoms with Crippen LogP contribution in [0.4, 0.5) is 0 Å². The molecule has 1 fully saturated rings. The maximum atomic E-state index is 8.62. The summed E-state index contributed by atoms with van der Waals surface area (Å²) in [6.07, 6.45) is 2.17. The van der Waals surface area contributed by atoms with Gasteiger partial charge in [0.1, 0.15) is 0 Å². The first-order valence-corrected chi connectivity index (χ1v) is 6.24. The normalized spacial score (nSPS) is 24.4. The van der Waals surface area contributed by atoms with Gasteiger partial charge in [-0.05, 0) is 25.1 Å². The summed E-state index contributed by atoms with van der Waals surface area (Å²) in [5.41, 5.74) is 5.62.